The molecule has 0 amide bonds. The summed E-state index contributed by atoms with van der Waals surface area (Å²) < 4.78 is 16.1. The third-order valence-corrected chi connectivity index (χ3v) is 4.46. The van der Waals surface area contributed by atoms with E-state index < -0.39 is 0 Å². The summed E-state index contributed by atoms with van der Waals surface area (Å²) >= 11 is 1.41. The fourth-order valence-electron chi connectivity index (χ4n) is 2.34. The average Bonchev–Trinajstić information content (AvgIpc) is 3.28. The second-order valence-electron chi connectivity index (χ2n) is 5.23. The van der Waals surface area contributed by atoms with Crippen molar-refractivity contribution in [1.82, 2.24) is 4.98 Å². The summed E-state index contributed by atoms with van der Waals surface area (Å²) in [6.45, 7) is 1.86. The molecule has 0 unspecified atom stereocenters. The summed E-state index contributed by atoms with van der Waals surface area (Å²) in [5.41, 5.74) is 2.13. The normalized spacial score (nSPS) is 11.2. The minimum absolute atomic E-state index is 0.464. The van der Waals surface area contributed by atoms with Crippen molar-refractivity contribution in [3.05, 3.63) is 52.2 Å². The van der Waals surface area contributed by atoms with Crippen LogP contribution in [0.4, 0.5) is 0 Å². The molecule has 0 saturated carbocycles. The van der Waals surface area contributed by atoms with Gasteiger partial charge in [-0.15, -0.1) is 11.3 Å². The number of aryl methyl sites for hydroxylation is 1. The van der Waals surface area contributed by atoms with Gasteiger partial charge < -0.3 is 13.9 Å². The topological polar surface area (TPSA) is 68.3 Å². The van der Waals surface area contributed by atoms with Crippen LogP contribution >= 0.6 is 11.3 Å². The second kappa shape index (κ2) is 7.24. The maximum Gasteiger partial charge on any atom is 0.161 e. The Labute approximate surface area is 149 Å². The van der Waals surface area contributed by atoms with Crippen LogP contribution in [-0.4, -0.2) is 19.2 Å². The number of thiazole rings is 1. The lowest BCUT2D eigenvalue weighted by atomic mass is 10.1. The zero-order valence-electron chi connectivity index (χ0n) is 14.1. The van der Waals surface area contributed by atoms with Crippen LogP contribution in [0.2, 0.25) is 0 Å². The van der Waals surface area contributed by atoms with Crippen molar-refractivity contribution in [3.8, 4) is 28.8 Å². The molecule has 3 aromatic rings. The third-order valence-electron chi connectivity index (χ3n) is 3.58. The van der Waals surface area contributed by atoms with Gasteiger partial charge in [-0.05, 0) is 37.3 Å². The molecule has 2 aromatic heterocycles. The molecule has 1 aromatic carbocycles. The Bertz CT molecular complexity index is 963. The van der Waals surface area contributed by atoms with Crippen LogP contribution in [0, 0.1) is 18.3 Å². The second-order valence-corrected chi connectivity index (χ2v) is 6.08. The van der Waals surface area contributed by atoms with Crippen LogP contribution in [0.1, 0.15) is 16.5 Å². The van der Waals surface area contributed by atoms with E-state index in [2.05, 4.69) is 11.1 Å². The lowest BCUT2D eigenvalue weighted by Gasteiger charge is -2.08. The molecular formula is C19H16N2O3S. The summed E-state index contributed by atoms with van der Waals surface area (Å²) in [7, 11) is 3.19. The first-order valence-corrected chi connectivity index (χ1v) is 8.39. The minimum Gasteiger partial charge on any atom is -0.493 e. The standard InChI is InChI=1S/C19H16N2O3S/c1-12-4-6-15(24-12)8-14(10-20)19-21-16(11-25-19)13-5-7-17(22-2)18(9-13)23-3/h4-9,11H,1-3H3/b14-8+. The smallest absolute Gasteiger partial charge is 0.161 e. The SMILES string of the molecule is COc1ccc(-c2csc(/C(C#N)=C/c3ccc(C)o3)n2)cc1OC. The summed E-state index contributed by atoms with van der Waals surface area (Å²) in [6, 6.07) is 11.5. The fourth-order valence-corrected chi connectivity index (χ4v) is 3.14. The van der Waals surface area contributed by atoms with Crippen molar-refractivity contribution in [2.75, 3.05) is 14.2 Å². The Morgan fingerprint density at radius 2 is 2.00 bits per heavy atom. The third kappa shape index (κ3) is 3.57. The van der Waals surface area contributed by atoms with E-state index in [0.29, 0.717) is 27.8 Å². The molecule has 25 heavy (non-hydrogen) atoms. The number of allylic oxidation sites excluding steroid dienone is 1. The minimum atomic E-state index is 0.464. The first-order valence-electron chi connectivity index (χ1n) is 7.51. The van der Waals surface area contributed by atoms with E-state index in [9.17, 15) is 5.26 Å². The van der Waals surface area contributed by atoms with Gasteiger partial charge in [-0.25, -0.2) is 4.98 Å². The molecule has 2 heterocycles. The van der Waals surface area contributed by atoms with Gasteiger partial charge in [0.1, 0.15) is 22.6 Å². The lowest BCUT2D eigenvalue weighted by Crippen LogP contribution is -1.91. The molecule has 0 saturated heterocycles. The highest BCUT2D eigenvalue weighted by atomic mass is 32.1. The van der Waals surface area contributed by atoms with E-state index in [4.69, 9.17) is 13.9 Å². The Hall–Kier alpha value is -3.04. The van der Waals surface area contributed by atoms with Crippen molar-refractivity contribution in [1.29, 1.82) is 5.26 Å². The summed E-state index contributed by atoms with van der Waals surface area (Å²) in [6.07, 6.45) is 1.70. The molecule has 0 aliphatic rings. The predicted molar refractivity (Wildman–Crippen MR) is 97.6 cm³/mol. The highest BCUT2D eigenvalue weighted by Gasteiger charge is 2.12. The largest absolute Gasteiger partial charge is 0.493 e. The number of aromatic nitrogens is 1. The van der Waals surface area contributed by atoms with Crippen LogP contribution < -0.4 is 9.47 Å². The fraction of sp³-hybridized carbons (Fsp3) is 0.158. The Morgan fingerprint density at radius 3 is 2.64 bits per heavy atom. The van der Waals surface area contributed by atoms with E-state index in [-0.39, 0.29) is 0 Å². The Balaban J connectivity index is 1.94. The molecule has 0 N–H and O–H groups in total. The van der Waals surface area contributed by atoms with Crippen LogP contribution in [0.25, 0.3) is 22.9 Å². The number of hydrogen-bond donors (Lipinski definition) is 0. The molecule has 0 bridgehead atoms. The maximum absolute atomic E-state index is 9.45. The number of methoxy groups -OCH3 is 2. The van der Waals surface area contributed by atoms with Crippen molar-refractivity contribution < 1.29 is 13.9 Å². The van der Waals surface area contributed by atoms with Crippen LogP contribution in [0.15, 0.2) is 40.1 Å². The van der Waals surface area contributed by atoms with E-state index in [1.807, 2.05) is 42.6 Å². The van der Waals surface area contributed by atoms with Crippen LogP contribution in [0.3, 0.4) is 0 Å². The van der Waals surface area contributed by atoms with Gasteiger partial charge in [0, 0.05) is 17.0 Å². The van der Waals surface area contributed by atoms with E-state index in [1.54, 1.807) is 20.3 Å². The molecule has 6 heteroatoms. The number of furan rings is 1. The maximum atomic E-state index is 9.45. The van der Waals surface area contributed by atoms with Gasteiger partial charge in [0.15, 0.2) is 11.5 Å². The first-order chi connectivity index (χ1) is 12.1. The lowest BCUT2D eigenvalue weighted by molar-refractivity contribution is 0.355. The molecule has 0 radical (unpaired) electrons. The highest BCUT2D eigenvalue weighted by molar-refractivity contribution is 7.11. The molecule has 126 valence electrons. The molecule has 0 atom stereocenters. The van der Waals surface area contributed by atoms with Gasteiger partial charge in [-0.3, -0.25) is 0 Å². The van der Waals surface area contributed by atoms with Crippen molar-refractivity contribution in [2.24, 2.45) is 0 Å². The molecule has 0 aliphatic heterocycles. The van der Waals surface area contributed by atoms with Crippen LogP contribution in [-0.2, 0) is 0 Å². The van der Waals surface area contributed by atoms with Gasteiger partial charge in [-0.1, -0.05) is 0 Å². The zero-order chi connectivity index (χ0) is 17.8. The monoisotopic (exact) mass is 352 g/mol. The number of rotatable bonds is 5. The van der Waals surface area contributed by atoms with Gasteiger partial charge in [0.25, 0.3) is 0 Å². The van der Waals surface area contributed by atoms with E-state index in [0.717, 1.165) is 17.0 Å². The van der Waals surface area contributed by atoms with Crippen molar-refractivity contribution >= 4 is 23.0 Å². The summed E-state index contributed by atoms with van der Waals surface area (Å²) in [5.74, 6) is 2.73. The predicted octanol–water partition coefficient (Wildman–Crippen LogP) is 4.79. The molecular weight excluding hydrogens is 336 g/mol. The van der Waals surface area contributed by atoms with Gasteiger partial charge >= 0.3 is 0 Å². The van der Waals surface area contributed by atoms with Gasteiger partial charge in [0.05, 0.1) is 25.5 Å². The number of ether oxygens (including phenoxy) is 2. The number of nitriles is 1. The zero-order valence-corrected chi connectivity index (χ0v) is 14.9. The Morgan fingerprint density at radius 1 is 1.20 bits per heavy atom. The van der Waals surface area contributed by atoms with Crippen LogP contribution in [0.5, 0.6) is 11.5 Å². The quantitative estimate of drug-likeness (QED) is 0.617. The van der Waals surface area contributed by atoms with E-state index >= 15 is 0 Å². The Kier molecular flexibility index (Phi) is 4.87. The van der Waals surface area contributed by atoms with Crippen molar-refractivity contribution in [3.63, 3.8) is 0 Å². The number of nitrogens with zero attached hydrogens (tertiary/aromatic N) is 2. The first kappa shape index (κ1) is 16.8. The molecule has 0 fully saturated rings. The van der Waals surface area contributed by atoms with Gasteiger partial charge in [0.2, 0.25) is 0 Å². The highest BCUT2D eigenvalue weighted by Crippen LogP contribution is 2.33. The molecule has 3 rings (SSSR count). The van der Waals surface area contributed by atoms with Crippen molar-refractivity contribution in [2.45, 2.75) is 6.92 Å². The van der Waals surface area contributed by atoms with Gasteiger partial charge in [-0.2, -0.15) is 5.26 Å². The number of benzene rings is 1. The summed E-state index contributed by atoms with van der Waals surface area (Å²) in [5, 5.41) is 12.0. The van der Waals surface area contributed by atoms with E-state index in [1.165, 1.54) is 11.3 Å². The molecule has 0 aliphatic carbocycles. The average molecular weight is 352 g/mol. The molecule has 5 nitrogen and oxygen atoms in total. The number of hydrogen-bond acceptors (Lipinski definition) is 6. The molecule has 0 spiro atoms. The summed E-state index contributed by atoms with van der Waals surface area (Å²) in [4.78, 5) is 4.58.